The number of aliphatic carboxylic acids is 1. The molecule has 6 nitrogen and oxygen atoms in total. The SMILES string of the molecule is COc1ccc(Cl)c(NC(=O)NC2(C(=O)O)CCCC2)c1. The summed E-state index contributed by atoms with van der Waals surface area (Å²) in [4.78, 5) is 23.4. The highest BCUT2D eigenvalue weighted by Crippen LogP contribution is 2.31. The third-order valence-electron chi connectivity index (χ3n) is 3.64. The van der Waals surface area contributed by atoms with Crippen molar-refractivity contribution in [1.29, 1.82) is 0 Å². The van der Waals surface area contributed by atoms with Gasteiger partial charge in [-0.3, -0.25) is 0 Å². The predicted octanol–water partition coefficient (Wildman–Crippen LogP) is 2.87. The van der Waals surface area contributed by atoms with Crippen molar-refractivity contribution in [3.8, 4) is 5.75 Å². The Morgan fingerprint density at radius 2 is 2.00 bits per heavy atom. The van der Waals surface area contributed by atoms with Crippen LogP contribution in [0.3, 0.4) is 0 Å². The zero-order valence-corrected chi connectivity index (χ0v) is 12.4. The van der Waals surface area contributed by atoms with Crippen LogP contribution in [-0.4, -0.2) is 29.8 Å². The maximum absolute atomic E-state index is 12.0. The molecule has 0 bridgehead atoms. The molecule has 2 rings (SSSR count). The Bertz CT molecular complexity index is 556. The number of carbonyl (C=O) groups is 2. The molecular formula is C14H17ClN2O4. The van der Waals surface area contributed by atoms with Crippen molar-refractivity contribution in [2.24, 2.45) is 0 Å². The van der Waals surface area contributed by atoms with E-state index in [0.29, 0.717) is 29.3 Å². The number of hydrogen-bond donors (Lipinski definition) is 3. The molecule has 0 saturated heterocycles. The van der Waals surface area contributed by atoms with Gasteiger partial charge < -0.3 is 20.5 Å². The molecule has 0 spiro atoms. The smallest absolute Gasteiger partial charge is 0.329 e. The molecule has 1 aliphatic rings. The number of halogens is 1. The van der Waals surface area contributed by atoms with Crippen LogP contribution in [0, 0.1) is 0 Å². The quantitative estimate of drug-likeness (QED) is 0.797. The summed E-state index contributed by atoms with van der Waals surface area (Å²) >= 11 is 6.00. The van der Waals surface area contributed by atoms with Crippen LogP contribution in [0.2, 0.25) is 5.02 Å². The topological polar surface area (TPSA) is 87.7 Å². The predicted molar refractivity (Wildman–Crippen MR) is 79.0 cm³/mol. The van der Waals surface area contributed by atoms with Crippen LogP contribution in [0.25, 0.3) is 0 Å². The number of carboxylic acids is 1. The van der Waals surface area contributed by atoms with Crippen molar-refractivity contribution in [2.45, 2.75) is 31.2 Å². The van der Waals surface area contributed by atoms with Gasteiger partial charge in [-0.1, -0.05) is 24.4 Å². The summed E-state index contributed by atoms with van der Waals surface area (Å²) < 4.78 is 5.06. The Morgan fingerprint density at radius 1 is 1.33 bits per heavy atom. The Hall–Kier alpha value is -1.95. The molecule has 0 aromatic heterocycles. The average Bonchev–Trinajstić information content (AvgIpc) is 2.91. The van der Waals surface area contributed by atoms with Gasteiger partial charge in [-0.05, 0) is 25.0 Å². The zero-order chi connectivity index (χ0) is 15.5. The van der Waals surface area contributed by atoms with Gasteiger partial charge in [-0.2, -0.15) is 0 Å². The van der Waals surface area contributed by atoms with Crippen molar-refractivity contribution in [3.63, 3.8) is 0 Å². The number of amides is 2. The molecule has 1 aromatic carbocycles. The second kappa shape index (κ2) is 6.22. The lowest BCUT2D eigenvalue weighted by Crippen LogP contribution is -2.53. The van der Waals surface area contributed by atoms with Crippen LogP contribution >= 0.6 is 11.6 Å². The van der Waals surface area contributed by atoms with E-state index in [1.54, 1.807) is 18.2 Å². The highest BCUT2D eigenvalue weighted by Gasteiger charge is 2.42. The number of ether oxygens (including phenoxy) is 1. The summed E-state index contributed by atoms with van der Waals surface area (Å²) in [5.41, 5.74) is -0.817. The van der Waals surface area contributed by atoms with Gasteiger partial charge in [0.15, 0.2) is 0 Å². The van der Waals surface area contributed by atoms with E-state index in [-0.39, 0.29) is 0 Å². The minimum absolute atomic E-state index is 0.349. The number of urea groups is 1. The second-order valence-corrected chi connectivity index (χ2v) is 5.43. The van der Waals surface area contributed by atoms with E-state index >= 15 is 0 Å². The molecule has 0 radical (unpaired) electrons. The van der Waals surface area contributed by atoms with Gasteiger partial charge in [0.2, 0.25) is 0 Å². The van der Waals surface area contributed by atoms with E-state index < -0.39 is 17.5 Å². The van der Waals surface area contributed by atoms with Gasteiger partial charge in [0, 0.05) is 6.07 Å². The fourth-order valence-electron chi connectivity index (χ4n) is 2.47. The van der Waals surface area contributed by atoms with Crippen LogP contribution < -0.4 is 15.4 Å². The van der Waals surface area contributed by atoms with Crippen molar-refractivity contribution in [3.05, 3.63) is 23.2 Å². The Balaban J connectivity index is 2.09. The van der Waals surface area contributed by atoms with Crippen LogP contribution in [0.5, 0.6) is 5.75 Å². The number of nitrogens with one attached hydrogen (secondary N) is 2. The fourth-order valence-corrected chi connectivity index (χ4v) is 2.63. The lowest BCUT2D eigenvalue weighted by Gasteiger charge is -2.25. The molecule has 1 saturated carbocycles. The largest absolute Gasteiger partial charge is 0.497 e. The van der Waals surface area contributed by atoms with E-state index in [4.69, 9.17) is 16.3 Å². The molecule has 0 atom stereocenters. The summed E-state index contributed by atoms with van der Waals surface area (Å²) in [5, 5.41) is 14.8. The van der Waals surface area contributed by atoms with E-state index in [0.717, 1.165) is 12.8 Å². The summed E-state index contributed by atoms with van der Waals surface area (Å²) in [5.74, 6) is -0.463. The molecule has 7 heteroatoms. The first-order valence-corrected chi connectivity index (χ1v) is 7.01. The molecule has 1 aromatic rings. The molecule has 2 amide bonds. The molecular weight excluding hydrogens is 296 g/mol. The first kappa shape index (κ1) is 15.4. The van der Waals surface area contributed by atoms with E-state index in [1.807, 2.05) is 0 Å². The molecule has 114 valence electrons. The Labute approximate surface area is 127 Å². The summed E-state index contributed by atoms with van der Waals surface area (Å²) in [7, 11) is 1.50. The van der Waals surface area contributed by atoms with Gasteiger partial charge in [0.25, 0.3) is 0 Å². The van der Waals surface area contributed by atoms with Crippen LogP contribution in [0.1, 0.15) is 25.7 Å². The van der Waals surface area contributed by atoms with Crippen molar-refractivity contribution in [2.75, 3.05) is 12.4 Å². The van der Waals surface area contributed by atoms with Crippen molar-refractivity contribution >= 4 is 29.3 Å². The Morgan fingerprint density at radius 3 is 2.57 bits per heavy atom. The third-order valence-corrected chi connectivity index (χ3v) is 3.97. The van der Waals surface area contributed by atoms with Crippen LogP contribution in [0.4, 0.5) is 10.5 Å². The summed E-state index contributed by atoms with van der Waals surface area (Å²) in [6.45, 7) is 0. The number of hydrogen-bond acceptors (Lipinski definition) is 3. The zero-order valence-electron chi connectivity index (χ0n) is 11.6. The second-order valence-electron chi connectivity index (χ2n) is 5.02. The molecule has 0 heterocycles. The van der Waals surface area contributed by atoms with Gasteiger partial charge >= 0.3 is 12.0 Å². The highest BCUT2D eigenvalue weighted by molar-refractivity contribution is 6.33. The molecule has 21 heavy (non-hydrogen) atoms. The monoisotopic (exact) mass is 312 g/mol. The standard InChI is InChI=1S/C14H17ClN2O4/c1-21-9-4-5-10(15)11(8-9)16-13(20)17-14(12(18)19)6-2-3-7-14/h4-5,8H,2-3,6-7H2,1H3,(H,18,19)(H2,16,17,20). The van der Waals surface area contributed by atoms with Crippen LogP contribution in [0.15, 0.2) is 18.2 Å². The number of carbonyl (C=O) groups excluding carboxylic acids is 1. The molecule has 1 fully saturated rings. The van der Waals surface area contributed by atoms with Gasteiger partial charge in [0.05, 0.1) is 17.8 Å². The lowest BCUT2D eigenvalue weighted by molar-refractivity contribution is -0.144. The number of anilines is 1. The van der Waals surface area contributed by atoms with E-state index in [2.05, 4.69) is 10.6 Å². The average molecular weight is 313 g/mol. The normalized spacial score (nSPS) is 16.3. The van der Waals surface area contributed by atoms with E-state index in [9.17, 15) is 14.7 Å². The minimum atomic E-state index is -1.19. The molecule has 0 aliphatic heterocycles. The van der Waals surface area contributed by atoms with Crippen molar-refractivity contribution in [1.82, 2.24) is 5.32 Å². The lowest BCUT2D eigenvalue weighted by atomic mass is 9.98. The molecule has 3 N–H and O–H groups in total. The maximum Gasteiger partial charge on any atom is 0.329 e. The summed E-state index contributed by atoms with van der Waals surface area (Å²) in [6.07, 6.45) is 2.43. The number of methoxy groups -OCH3 is 1. The third kappa shape index (κ3) is 3.39. The summed E-state index contributed by atoms with van der Waals surface area (Å²) in [6, 6.07) is 4.25. The Kier molecular flexibility index (Phi) is 4.57. The highest BCUT2D eigenvalue weighted by atomic mass is 35.5. The van der Waals surface area contributed by atoms with Crippen LogP contribution in [-0.2, 0) is 4.79 Å². The first-order chi connectivity index (χ1) is 9.97. The van der Waals surface area contributed by atoms with Crippen molar-refractivity contribution < 1.29 is 19.4 Å². The number of benzene rings is 1. The first-order valence-electron chi connectivity index (χ1n) is 6.63. The minimum Gasteiger partial charge on any atom is -0.497 e. The van der Waals surface area contributed by atoms with Gasteiger partial charge in [-0.25, -0.2) is 9.59 Å². The van der Waals surface area contributed by atoms with Gasteiger partial charge in [0.1, 0.15) is 11.3 Å². The maximum atomic E-state index is 12.0. The fraction of sp³-hybridized carbons (Fsp3) is 0.429. The number of rotatable bonds is 4. The number of carboxylic acid groups (broad SMARTS) is 1. The van der Waals surface area contributed by atoms with Gasteiger partial charge in [-0.15, -0.1) is 0 Å². The molecule has 1 aliphatic carbocycles. The molecule has 0 unspecified atom stereocenters. The van der Waals surface area contributed by atoms with E-state index in [1.165, 1.54) is 7.11 Å².